The number of amides is 1. The minimum Gasteiger partial charge on any atom is -0.379 e. The highest BCUT2D eigenvalue weighted by Crippen LogP contribution is 2.26. The fraction of sp³-hybridized carbons (Fsp3) is 0.500. The molecule has 1 amide bonds. The van der Waals surface area contributed by atoms with E-state index >= 15 is 0 Å². The van der Waals surface area contributed by atoms with Gasteiger partial charge in [0, 0.05) is 43.2 Å². The lowest BCUT2D eigenvalue weighted by Crippen LogP contribution is -2.43. The number of thiophene rings is 1. The van der Waals surface area contributed by atoms with E-state index in [1.165, 1.54) is 17.0 Å². The van der Waals surface area contributed by atoms with Gasteiger partial charge in [-0.2, -0.15) is 4.31 Å². The zero-order valence-electron chi connectivity index (χ0n) is 17.5. The lowest BCUT2D eigenvalue weighted by Gasteiger charge is -2.34. The first-order valence-corrected chi connectivity index (χ1v) is 13.1. The number of ether oxygens (including phenoxy) is 1. The number of carbonyl (C=O) groups is 1. The second-order valence-corrected chi connectivity index (χ2v) is 10.8. The van der Waals surface area contributed by atoms with Gasteiger partial charge in [0.05, 0.1) is 24.2 Å². The molecule has 1 N–H and O–H groups in total. The fourth-order valence-electron chi connectivity index (χ4n) is 4.10. The highest BCUT2D eigenvalue weighted by atomic mass is 32.2. The number of carbonyl (C=O) groups excluding carboxylic acids is 1. The lowest BCUT2D eigenvalue weighted by molar-refractivity contribution is 0.0169. The summed E-state index contributed by atoms with van der Waals surface area (Å²) in [7, 11) is -3.49. The molecule has 1 aromatic carbocycles. The second-order valence-electron chi connectivity index (χ2n) is 7.88. The van der Waals surface area contributed by atoms with Gasteiger partial charge in [0.2, 0.25) is 10.0 Å². The molecule has 2 aliphatic rings. The van der Waals surface area contributed by atoms with Crippen molar-refractivity contribution in [3.63, 3.8) is 0 Å². The van der Waals surface area contributed by atoms with Crippen LogP contribution in [0.15, 0.2) is 46.7 Å². The van der Waals surface area contributed by atoms with E-state index in [9.17, 15) is 13.2 Å². The molecule has 31 heavy (non-hydrogen) atoms. The average molecular weight is 464 g/mol. The number of benzene rings is 1. The van der Waals surface area contributed by atoms with Crippen molar-refractivity contribution in [3.8, 4) is 0 Å². The Balaban J connectivity index is 1.41. The number of nitrogens with zero attached hydrogens (tertiary/aromatic N) is 2. The van der Waals surface area contributed by atoms with Gasteiger partial charge in [-0.05, 0) is 48.6 Å². The standard InChI is InChI=1S/C22H29N3O4S2/c26-22(23-17-20(21-5-4-16-30-21)24-12-14-29-15-13-24)18-6-8-19(9-7-18)31(27,28)25-10-2-1-3-11-25/h4-9,16,20H,1-3,10-15,17H2,(H,23,26)/t20-/m0/s1. The monoisotopic (exact) mass is 463 g/mol. The molecule has 9 heteroatoms. The first-order chi connectivity index (χ1) is 15.1. The van der Waals surface area contributed by atoms with Crippen molar-refractivity contribution in [1.29, 1.82) is 0 Å². The van der Waals surface area contributed by atoms with Crippen LogP contribution in [0.3, 0.4) is 0 Å². The lowest BCUT2D eigenvalue weighted by atomic mass is 10.1. The van der Waals surface area contributed by atoms with Crippen LogP contribution >= 0.6 is 11.3 Å². The molecule has 7 nitrogen and oxygen atoms in total. The summed E-state index contributed by atoms with van der Waals surface area (Å²) in [4.78, 5) is 16.5. The van der Waals surface area contributed by atoms with E-state index in [0.717, 1.165) is 32.4 Å². The Bertz CT molecular complexity index is 949. The Morgan fingerprint density at radius 2 is 1.74 bits per heavy atom. The first-order valence-electron chi connectivity index (χ1n) is 10.8. The average Bonchev–Trinajstić information content (AvgIpc) is 3.35. The minimum absolute atomic E-state index is 0.103. The van der Waals surface area contributed by atoms with Crippen LogP contribution in [0.25, 0.3) is 0 Å². The molecule has 168 valence electrons. The molecular formula is C22H29N3O4S2. The maximum Gasteiger partial charge on any atom is 0.251 e. The van der Waals surface area contributed by atoms with Gasteiger partial charge >= 0.3 is 0 Å². The van der Waals surface area contributed by atoms with E-state index in [4.69, 9.17) is 4.74 Å². The van der Waals surface area contributed by atoms with Gasteiger partial charge in [-0.3, -0.25) is 9.69 Å². The van der Waals surface area contributed by atoms with Crippen LogP contribution in [0.5, 0.6) is 0 Å². The smallest absolute Gasteiger partial charge is 0.251 e. The number of morpholine rings is 1. The van der Waals surface area contributed by atoms with Crippen LogP contribution < -0.4 is 5.32 Å². The maximum absolute atomic E-state index is 12.8. The molecule has 4 rings (SSSR count). The predicted molar refractivity (Wildman–Crippen MR) is 121 cm³/mol. The van der Waals surface area contributed by atoms with Crippen LogP contribution in [0.1, 0.15) is 40.5 Å². The molecule has 2 aliphatic heterocycles. The third-order valence-corrected chi connectivity index (χ3v) is 8.77. The third-order valence-electron chi connectivity index (χ3n) is 5.88. The topological polar surface area (TPSA) is 79.0 Å². The molecule has 0 radical (unpaired) electrons. The van der Waals surface area contributed by atoms with Gasteiger partial charge in [-0.1, -0.05) is 12.5 Å². The Morgan fingerprint density at radius 1 is 1.03 bits per heavy atom. The molecular weight excluding hydrogens is 434 g/mol. The Morgan fingerprint density at radius 3 is 2.39 bits per heavy atom. The van der Waals surface area contributed by atoms with E-state index in [1.807, 2.05) is 11.4 Å². The summed E-state index contributed by atoms with van der Waals surface area (Å²) >= 11 is 1.69. The summed E-state index contributed by atoms with van der Waals surface area (Å²) in [5.41, 5.74) is 0.463. The predicted octanol–water partition coefficient (Wildman–Crippen LogP) is 2.73. The second kappa shape index (κ2) is 10.2. The molecule has 0 unspecified atom stereocenters. The molecule has 0 spiro atoms. The zero-order chi connectivity index (χ0) is 21.7. The molecule has 0 aliphatic carbocycles. The van der Waals surface area contributed by atoms with E-state index in [-0.39, 0.29) is 16.8 Å². The zero-order valence-corrected chi connectivity index (χ0v) is 19.2. The number of piperidine rings is 1. The number of hydrogen-bond donors (Lipinski definition) is 1. The Labute approximate surface area is 188 Å². The Hall–Kier alpha value is -1.78. The van der Waals surface area contributed by atoms with E-state index in [0.29, 0.717) is 38.4 Å². The van der Waals surface area contributed by atoms with Crippen molar-refractivity contribution in [2.24, 2.45) is 0 Å². The quantitative estimate of drug-likeness (QED) is 0.683. The van der Waals surface area contributed by atoms with Crippen molar-refractivity contribution in [1.82, 2.24) is 14.5 Å². The molecule has 2 saturated heterocycles. The SMILES string of the molecule is O=C(NC[C@@H](c1cccs1)N1CCOCC1)c1ccc(S(=O)(=O)N2CCCCC2)cc1. The van der Waals surface area contributed by atoms with E-state index < -0.39 is 10.0 Å². The summed E-state index contributed by atoms with van der Waals surface area (Å²) in [5, 5.41) is 5.08. The Kier molecular flexibility index (Phi) is 7.39. The number of rotatable bonds is 7. The molecule has 0 saturated carbocycles. The summed E-state index contributed by atoms with van der Waals surface area (Å²) in [6.45, 7) is 4.69. The van der Waals surface area contributed by atoms with Crippen molar-refractivity contribution in [3.05, 3.63) is 52.2 Å². The van der Waals surface area contributed by atoms with Gasteiger partial charge in [-0.15, -0.1) is 11.3 Å². The van der Waals surface area contributed by atoms with Gasteiger partial charge in [0.25, 0.3) is 5.91 Å². The first kappa shape index (κ1) is 22.4. The summed E-state index contributed by atoms with van der Waals surface area (Å²) < 4.78 is 32.6. The summed E-state index contributed by atoms with van der Waals surface area (Å²) in [6.07, 6.45) is 2.87. The van der Waals surface area contributed by atoms with Crippen molar-refractivity contribution < 1.29 is 17.9 Å². The van der Waals surface area contributed by atoms with Crippen LogP contribution in [0.4, 0.5) is 0 Å². The van der Waals surface area contributed by atoms with Gasteiger partial charge < -0.3 is 10.1 Å². The van der Waals surface area contributed by atoms with Crippen LogP contribution in [0, 0.1) is 0 Å². The number of sulfonamides is 1. The van der Waals surface area contributed by atoms with Crippen molar-refractivity contribution in [2.75, 3.05) is 45.9 Å². The molecule has 1 atom stereocenters. The van der Waals surface area contributed by atoms with Gasteiger partial charge in [0.1, 0.15) is 0 Å². The van der Waals surface area contributed by atoms with Crippen LogP contribution in [-0.4, -0.2) is 69.5 Å². The highest BCUT2D eigenvalue weighted by molar-refractivity contribution is 7.89. The number of hydrogen-bond acceptors (Lipinski definition) is 6. The van der Waals surface area contributed by atoms with E-state index in [2.05, 4.69) is 16.3 Å². The molecule has 2 aromatic rings. The molecule has 0 bridgehead atoms. The van der Waals surface area contributed by atoms with Crippen LogP contribution in [-0.2, 0) is 14.8 Å². The number of nitrogens with one attached hydrogen (secondary N) is 1. The van der Waals surface area contributed by atoms with E-state index in [1.54, 1.807) is 27.8 Å². The normalized spacial score (nSPS) is 19.7. The van der Waals surface area contributed by atoms with Crippen LogP contribution in [0.2, 0.25) is 0 Å². The fourth-order valence-corrected chi connectivity index (χ4v) is 6.48. The molecule has 1 aromatic heterocycles. The van der Waals surface area contributed by atoms with Gasteiger partial charge in [0.15, 0.2) is 0 Å². The summed E-state index contributed by atoms with van der Waals surface area (Å²) in [5.74, 6) is -0.197. The third kappa shape index (κ3) is 5.35. The van der Waals surface area contributed by atoms with Crippen molar-refractivity contribution >= 4 is 27.3 Å². The molecule has 2 fully saturated rings. The van der Waals surface area contributed by atoms with Crippen molar-refractivity contribution in [2.45, 2.75) is 30.2 Å². The van der Waals surface area contributed by atoms with Gasteiger partial charge in [-0.25, -0.2) is 8.42 Å². The minimum atomic E-state index is -3.49. The maximum atomic E-state index is 12.8. The summed E-state index contributed by atoms with van der Waals surface area (Å²) in [6, 6.07) is 10.5. The molecule has 3 heterocycles. The highest BCUT2D eigenvalue weighted by Gasteiger charge is 2.27. The largest absolute Gasteiger partial charge is 0.379 e.